The lowest BCUT2D eigenvalue weighted by atomic mass is 10.1. The van der Waals surface area contributed by atoms with Crippen molar-refractivity contribution in [1.82, 2.24) is 4.98 Å². The van der Waals surface area contributed by atoms with Gasteiger partial charge in [-0.2, -0.15) is 0 Å². The van der Waals surface area contributed by atoms with Crippen LogP contribution in [0.3, 0.4) is 0 Å². The SMILES string of the molecule is Cc1ccnc(C(C)C)c1I. The van der Waals surface area contributed by atoms with Crippen LogP contribution in [-0.4, -0.2) is 4.98 Å². The molecule has 0 unspecified atom stereocenters. The zero-order valence-electron chi connectivity index (χ0n) is 7.06. The molecular formula is C9H12IN. The largest absolute Gasteiger partial charge is 0.260 e. The molecule has 0 aliphatic carbocycles. The highest BCUT2D eigenvalue weighted by atomic mass is 127. The van der Waals surface area contributed by atoms with Crippen molar-refractivity contribution < 1.29 is 0 Å². The van der Waals surface area contributed by atoms with E-state index in [0.717, 1.165) is 0 Å². The fourth-order valence-electron chi connectivity index (χ4n) is 0.964. The molecule has 0 aliphatic rings. The van der Waals surface area contributed by atoms with Gasteiger partial charge < -0.3 is 0 Å². The second-order valence-electron chi connectivity index (χ2n) is 2.98. The molecule has 0 spiro atoms. The monoisotopic (exact) mass is 261 g/mol. The lowest BCUT2D eigenvalue weighted by Crippen LogP contribution is -1.97. The van der Waals surface area contributed by atoms with E-state index in [0.29, 0.717) is 5.92 Å². The Morgan fingerprint density at radius 1 is 1.45 bits per heavy atom. The number of nitrogens with zero attached hydrogens (tertiary/aromatic N) is 1. The van der Waals surface area contributed by atoms with Crippen molar-refractivity contribution in [3.63, 3.8) is 0 Å². The van der Waals surface area contributed by atoms with Gasteiger partial charge in [-0.1, -0.05) is 13.8 Å². The van der Waals surface area contributed by atoms with E-state index >= 15 is 0 Å². The van der Waals surface area contributed by atoms with Gasteiger partial charge in [-0.05, 0) is 47.1 Å². The summed E-state index contributed by atoms with van der Waals surface area (Å²) in [6, 6.07) is 2.05. The van der Waals surface area contributed by atoms with Crippen LogP contribution in [0, 0.1) is 10.5 Å². The van der Waals surface area contributed by atoms with E-state index in [4.69, 9.17) is 0 Å². The molecule has 2 heteroatoms. The van der Waals surface area contributed by atoms with Crippen LogP contribution in [0.2, 0.25) is 0 Å². The molecule has 11 heavy (non-hydrogen) atoms. The van der Waals surface area contributed by atoms with Crippen molar-refractivity contribution in [3.8, 4) is 0 Å². The molecule has 60 valence electrons. The Labute approximate surface area is 81.4 Å². The molecule has 0 N–H and O–H groups in total. The standard InChI is InChI=1S/C9H12IN/c1-6(2)9-8(10)7(3)4-5-11-9/h4-6H,1-3H3. The Morgan fingerprint density at radius 2 is 2.09 bits per heavy atom. The third-order valence-electron chi connectivity index (χ3n) is 1.66. The molecule has 0 amide bonds. The Morgan fingerprint density at radius 3 is 2.55 bits per heavy atom. The molecule has 1 aromatic heterocycles. The topological polar surface area (TPSA) is 12.9 Å². The van der Waals surface area contributed by atoms with Crippen molar-refractivity contribution in [1.29, 1.82) is 0 Å². The summed E-state index contributed by atoms with van der Waals surface area (Å²) in [4.78, 5) is 4.33. The zero-order chi connectivity index (χ0) is 8.43. The van der Waals surface area contributed by atoms with Crippen LogP contribution in [0.1, 0.15) is 31.0 Å². The van der Waals surface area contributed by atoms with Crippen LogP contribution in [0.15, 0.2) is 12.3 Å². The minimum Gasteiger partial charge on any atom is -0.260 e. The lowest BCUT2D eigenvalue weighted by Gasteiger charge is -2.07. The van der Waals surface area contributed by atoms with E-state index in [1.54, 1.807) is 0 Å². The van der Waals surface area contributed by atoms with Crippen LogP contribution in [0.25, 0.3) is 0 Å². The minimum atomic E-state index is 0.529. The van der Waals surface area contributed by atoms with Gasteiger partial charge in [-0.3, -0.25) is 4.98 Å². The first-order valence-electron chi connectivity index (χ1n) is 3.74. The van der Waals surface area contributed by atoms with E-state index in [1.165, 1.54) is 14.8 Å². The highest BCUT2D eigenvalue weighted by molar-refractivity contribution is 14.1. The van der Waals surface area contributed by atoms with Gasteiger partial charge >= 0.3 is 0 Å². The summed E-state index contributed by atoms with van der Waals surface area (Å²) in [6.07, 6.45) is 1.88. The Hall–Kier alpha value is -0.120. The van der Waals surface area contributed by atoms with Crippen LogP contribution < -0.4 is 0 Å². The third-order valence-corrected chi connectivity index (χ3v) is 3.06. The number of aromatic nitrogens is 1. The fraction of sp³-hybridized carbons (Fsp3) is 0.444. The summed E-state index contributed by atoms with van der Waals surface area (Å²) in [5.74, 6) is 0.529. The fourth-order valence-corrected chi connectivity index (χ4v) is 1.91. The second-order valence-corrected chi connectivity index (χ2v) is 4.06. The Kier molecular flexibility index (Phi) is 2.87. The first-order chi connectivity index (χ1) is 5.13. The van der Waals surface area contributed by atoms with Gasteiger partial charge in [0.05, 0.1) is 5.69 Å². The van der Waals surface area contributed by atoms with Gasteiger partial charge in [0.2, 0.25) is 0 Å². The lowest BCUT2D eigenvalue weighted by molar-refractivity contribution is 0.812. The number of hydrogen-bond donors (Lipinski definition) is 0. The molecule has 0 bridgehead atoms. The molecule has 0 saturated carbocycles. The molecule has 0 aliphatic heterocycles. The summed E-state index contributed by atoms with van der Waals surface area (Å²) in [5, 5.41) is 0. The average Bonchev–Trinajstić information content (AvgIpc) is 1.94. The highest BCUT2D eigenvalue weighted by Gasteiger charge is 2.06. The van der Waals surface area contributed by atoms with Crippen LogP contribution in [0.5, 0.6) is 0 Å². The van der Waals surface area contributed by atoms with Gasteiger partial charge in [0, 0.05) is 9.77 Å². The third kappa shape index (κ3) is 1.92. The molecule has 0 atom stereocenters. The second kappa shape index (κ2) is 3.52. The van der Waals surface area contributed by atoms with Crippen LogP contribution in [0.4, 0.5) is 0 Å². The quantitative estimate of drug-likeness (QED) is 0.708. The van der Waals surface area contributed by atoms with E-state index in [1.807, 2.05) is 12.3 Å². The molecule has 1 rings (SSSR count). The summed E-state index contributed by atoms with van der Waals surface area (Å²) in [7, 11) is 0. The molecule has 0 fully saturated rings. The van der Waals surface area contributed by atoms with Crippen LogP contribution >= 0.6 is 22.6 Å². The normalized spacial score (nSPS) is 10.6. The van der Waals surface area contributed by atoms with Gasteiger partial charge in [0.15, 0.2) is 0 Å². The Balaban J connectivity index is 3.17. The van der Waals surface area contributed by atoms with Gasteiger partial charge in [0.1, 0.15) is 0 Å². The summed E-state index contributed by atoms with van der Waals surface area (Å²) < 4.78 is 1.31. The first-order valence-corrected chi connectivity index (χ1v) is 4.81. The number of pyridine rings is 1. The van der Waals surface area contributed by atoms with E-state index in [9.17, 15) is 0 Å². The molecule has 1 aromatic rings. The number of hydrogen-bond acceptors (Lipinski definition) is 1. The maximum atomic E-state index is 4.33. The number of rotatable bonds is 1. The smallest absolute Gasteiger partial charge is 0.0564 e. The summed E-state index contributed by atoms with van der Waals surface area (Å²) in [5.41, 5.74) is 2.54. The van der Waals surface area contributed by atoms with Crippen molar-refractivity contribution in [2.75, 3.05) is 0 Å². The summed E-state index contributed by atoms with van der Waals surface area (Å²) in [6.45, 7) is 6.46. The van der Waals surface area contributed by atoms with Crippen molar-refractivity contribution in [2.24, 2.45) is 0 Å². The van der Waals surface area contributed by atoms with E-state index in [2.05, 4.69) is 48.3 Å². The van der Waals surface area contributed by atoms with Crippen LogP contribution in [-0.2, 0) is 0 Å². The van der Waals surface area contributed by atoms with E-state index in [-0.39, 0.29) is 0 Å². The molecule has 1 heterocycles. The summed E-state index contributed by atoms with van der Waals surface area (Å²) >= 11 is 2.36. The number of aryl methyl sites for hydroxylation is 1. The van der Waals surface area contributed by atoms with Crippen molar-refractivity contribution >= 4 is 22.6 Å². The van der Waals surface area contributed by atoms with Crippen molar-refractivity contribution in [2.45, 2.75) is 26.7 Å². The molecule has 0 saturated heterocycles. The Bertz CT molecular complexity index is 256. The zero-order valence-corrected chi connectivity index (χ0v) is 9.21. The van der Waals surface area contributed by atoms with Gasteiger partial charge in [0.25, 0.3) is 0 Å². The molecule has 1 nitrogen and oxygen atoms in total. The highest BCUT2D eigenvalue weighted by Crippen LogP contribution is 2.20. The van der Waals surface area contributed by atoms with E-state index < -0.39 is 0 Å². The minimum absolute atomic E-state index is 0.529. The molecule has 0 aromatic carbocycles. The molecular weight excluding hydrogens is 249 g/mol. The maximum Gasteiger partial charge on any atom is 0.0564 e. The van der Waals surface area contributed by atoms with Crippen molar-refractivity contribution in [3.05, 3.63) is 27.1 Å². The average molecular weight is 261 g/mol. The predicted octanol–water partition coefficient (Wildman–Crippen LogP) is 3.12. The maximum absolute atomic E-state index is 4.33. The predicted molar refractivity (Wildman–Crippen MR) is 55.8 cm³/mol. The molecule has 0 radical (unpaired) electrons. The van der Waals surface area contributed by atoms with Gasteiger partial charge in [-0.25, -0.2) is 0 Å². The van der Waals surface area contributed by atoms with Gasteiger partial charge in [-0.15, -0.1) is 0 Å². The number of halogens is 1. The first kappa shape index (κ1) is 8.97.